The monoisotopic (exact) mass is 1340 g/mol. The van der Waals surface area contributed by atoms with Crippen LogP contribution in [0.2, 0.25) is 0 Å². The minimum Gasteiger partial charge on any atom is -0.485 e. The van der Waals surface area contributed by atoms with Crippen molar-refractivity contribution >= 4 is 160 Å². The van der Waals surface area contributed by atoms with Crippen molar-refractivity contribution < 1.29 is 9.47 Å². The van der Waals surface area contributed by atoms with Crippen LogP contribution in [0.4, 0.5) is 0 Å². The van der Waals surface area contributed by atoms with Crippen molar-refractivity contribution in [1.82, 2.24) is 46.9 Å². The number of pyridine rings is 5. The van der Waals surface area contributed by atoms with E-state index < -0.39 is 0 Å². The van der Waals surface area contributed by atoms with Crippen LogP contribution >= 0.6 is 23.5 Å². The summed E-state index contributed by atoms with van der Waals surface area (Å²) in [6.45, 7) is 11.7. The van der Waals surface area contributed by atoms with Crippen LogP contribution in [0.1, 0.15) is 68.7 Å². The van der Waals surface area contributed by atoms with E-state index in [1.807, 2.05) is 36.5 Å². The molecule has 5 aliphatic rings. The van der Waals surface area contributed by atoms with E-state index in [-0.39, 0.29) is 0 Å². The maximum absolute atomic E-state index is 5.91. The lowest BCUT2D eigenvalue weighted by Gasteiger charge is -2.19. The van der Waals surface area contributed by atoms with Gasteiger partial charge in [0, 0.05) is 81.5 Å². The number of hydrogen-bond donors (Lipinski definition) is 0. The summed E-state index contributed by atoms with van der Waals surface area (Å²) in [5, 5.41) is 20.4. The summed E-state index contributed by atoms with van der Waals surface area (Å²) in [4.78, 5) is 25.5. The van der Waals surface area contributed by atoms with Crippen molar-refractivity contribution in [3.8, 4) is 11.6 Å². The molecule has 0 spiro atoms. The van der Waals surface area contributed by atoms with E-state index in [1.165, 1.54) is 153 Å². The first-order valence-corrected chi connectivity index (χ1v) is 36.8. The fourth-order valence-corrected chi connectivity index (χ4v) is 19.4. The Hall–Kier alpha value is -11.5. The number of imidazole rings is 5. The average molecular weight is 1350 g/mol. The molecule has 486 valence electrons. The number of para-hydroxylation sites is 5. The van der Waals surface area contributed by atoms with Crippen LogP contribution in [0.5, 0.6) is 11.6 Å². The molecule has 0 saturated carbocycles. The Morgan fingerprint density at radius 2 is 0.693 bits per heavy atom. The number of fused-ring (bicyclic) bond motifs is 15. The predicted octanol–water partition coefficient (Wildman–Crippen LogP) is 21.2. The van der Waals surface area contributed by atoms with Crippen molar-refractivity contribution in [2.75, 3.05) is 0 Å². The van der Waals surface area contributed by atoms with Crippen molar-refractivity contribution in [3.63, 3.8) is 0 Å². The van der Waals surface area contributed by atoms with E-state index in [1.54, 1.807) is 0 Å². The molecule has 10 aromatic heterocycles. The largest absolute Gasteiger partial charge is 0.485 e. The van der Waals surface area contributed by atoms with Gasteiger partial charge in [-0.1, -0.05) is 200 Å². The summed E-state index contributed by atoms with van der Waals surface area (Å²) in [6, 6.07) is 75.4. The van der Waals surface area contributed by atoms with E-state index in [2.05, 4.69) is 256 Å². The highest BCUT2D eigenvalue weighted by molar-refractivity contribution is 7.99. The number of ether oxygens (including phenoxy) is 2. The van der Waals surface area contributed by atoms with Gasteiger partial charge in [0.2, 0.25) is 5.88 Å². The Bertz CT molecular complexity index is 6360. The van der Waals surface area contributed by atoms with Gasteiger partial charge in [-0.15, -0.1) is 23.5 Å². The van der Waals surface area contributed by atoms with Gasteiger partial charge < -0.3 is 9.47 Å². The Morgan fingerprint density at radius 3 is 1.28 bits per heavy atom. The van der Waals surface area contributed by atoms with E-state index in [9.17, 15) is 0 Å². The van der Waals surface area contributed by atoms with Gasteiger partial charge in [0.15, 0.2) is 0 Å². The van der Waals surface area contributed by atoms with Gasteiger partial charge >= 0.3 is 0 Å². The molecule has 0 fully saturated rings. The first-order valence-electron chi connectivity index (χ1n) is 34.8. The summed E-state index contributed by atoms with van der Waals surface area (Å²) >= 11 is 3.82. The van der Waals surface area contributed by atoms with Gasteiger partial charge in [-0.3, -0.25) is 22.0 Å². The van der Waals surface area contributed by atoms with Crippen molar-refractivity contribution in [2.24, 2.45) is 0 Å². The van der Waals surface area contributed by atoms with Gasteiger partial charge in [0.05, 0.1) is 61.7 Å². The van der Waals surface area contributed by atoms with Crippen molar-refractivity contribution in [1.29, 1.82) is 0 Å². The smallest absolute Gasteiger partial charge is 0.222 e. The number of hydrogen-bond acceptors (Lipinski definition) is 9. The van der Waals surface area contributed by atoms with E-state index in [0.717, 1.165) is 98.2 Å². The van der Waals surface area contributed by atoms with Gasteiger partial charge in [-0.05, 0) is 104 Å². The topological polar surface area (TPSA) is 105 Å². The van der Waals surface area contributed by atoms with Crippen LogP contribution in [0.15, 0.2) is 222 Å². The van der Waals surface area contributed by atoms with Gasteiger partial charge in [-0.2, -0.15) is 0 Å². The van der Waals surface area contributed by atoms with E-state index >= 15 is 0 Å². The molecule has 0 atom stereocenters. The maximum atomic E-state index is 5.91. The van der Waals surface area contributed by atoms with Gasteiger partial charge in [-0.25, -0.2) is 24.9 Å². The predicted molar refractivity (Wildman–Crippen MR) is 415 cm³/mol. The Kier molecular flexibility index (Phi) is 12.9. The highest BCUT2D eigenvalue weighted by Gasteiger charge is 2.28. The molecule has 0 aliphatic carbocycles. The quantitative estimate of drug-likeness (QED) is 0.137. The first kappa shape index (κ1) is 58.5. The number of aromatic nitrogens is 10. The second-order valence-corrected chi connectivity index (χ2v) is 29.2. The van der Waals surface area contributed by atoms with Crippen LogP contribution in [0, 0.1) is 34.6 Å². The molecule has 0 unspecified atom stereocenters. The second kappa shape index (κ2) is 22.3. The molecule has 15 heterocycles. The third kappa shape index (κ3) is 8.49. The summed E-state index contributed by atoms with van der Waals surface area (Å²) in [5.41, 5.74) is 25.3. The van der Waals surface area contributed by atoms with Crippen molar-refractivity contribution in [2.45, 2.75) is 88.5 Å². The molecule has 0 radical (unpaired) electrons. The van der Waals surface area contributed by atoms with E-state index in [0.29, 0.717) is 13.2 Å². The standard InChI is InChI=1S/C19H16N2.2C17H12N2O.2C17H12N2S/c1-12-17-11-5-7-13-6-4-10-15-14-8-2-3-9-16(14)19(20-12)21(17)18(13)15;1-10-17-19-15-11(9-20-17)5-4-8-13(15)12-6-2-3-7-14(12)16(19)18-10;1-10-14-9-20-15-8-4-7-12-11-5-2-3-6-13(11)17(18-10)19(14)16(12)15;1-10-17-19-15-11(9-20-17)5-4-8-13(15)12-6-2-3-7-14(12)16(19)18-10;1-10-14-9-20-15-8-4-7-12-11-5-2-3-6-13(11)17(18-10)19(14)16(12)15/h2-4,6,8-10H,5,7,11H2,1H3;4*2-8H,9H2,1H3. The van der Waals surface area contributed by atoms with Crippen LogP contribution in [0.25, 0.3) is 137 Å². The summed E-state index contributed by atoms with van der Waals surface area (Å²) in [5.74, 6) is 3.88. The third-order valence-electron chi connectivity index (χ3n) is 21.6. The number of benzene rings is 10. The molecule has 0 amide bonds. The normalized spacial score (nSPS) is 13.8. The lowest BCUT2D eigenvalue weighted by atomic mass is 10.0. The lowest BCUT2D eigenvalue weighted by Crippen LogP contribution is -2.09. The molecule has 5 aliphatic heterocycles. The summed E-state index contributed by atoms with van der Waals surface area (Å²) in [7, 11) is 0. The zero-order valence-corrected chi connectivity index (χ0v) is 57.9. The number of thioether (sulfide) groups is 2. The minimum atomic E-state index is 0.595. The second-order valence-electron chi connectivity index (χ2n) is 27.2. The molecule has 12 nitrogen and oxygen atoms in total. The van der Waals surface area contributed by atoms with Gasteiger partial charge in [0.25, 0.3) is 0 Å². The maximum Gasteiger partial charge on any atom is 0.222 e. The summed E-state index contributed by atoms with van der Waals surface area (Å²) in [6.07, 6.45) is 3.49. The van der Waals surface area contributed by atoms with Crippen LogP contribution in [0.3, 0.4) is 0 Å². The SMILES string of the molecule is Cc1nc2c3ccccc3c3cccc4c3n2c1CCC4.Cc1nc2c3ccccc3c3cccc4c3n2c1CO4.Cc1nc2c3ccccc3c3cccc4c3n2c1CS4.Cc1nc2c3ccccc3c3cccc4c3n2c1OC4.Cc1nc2c3ccccc3c3cccc4c3n2c1SC4. The molecular weight excluding hydrogens is 1280 g/mol. The van der Waals surface area contributed by atoms with Crippen molar-refractivity contribution in [3.05, 3.63) is 275 Å². The highest BCUT2D eigenvalue weighted by atomic mass is 32.2. The molecule has 14 heteroatoms. The minimum absolute atomic E-state index is 0.595. The average Bonchev–Trinajstić information content (AvgIpc) is 1.70. The molecule has 0 N–H and O–H groups in total. The Morgan fingerprint density at radius 1 is 0.287 bits per heavy atom. The third-order valence-corrected chi connectivity index (χ3v) is 23.9. The fourth-order valence-electron chi connectivity index (χ4n) is 17.1. The molecule has 0 saturated heterocycles. The van der Waals surface area contributed by atoms with Crippen LogP contribution in [-0.2, 0) is 37.6 Å². The Labute approximate surface area is 587 Å². The molecule has 25 rings (SSSR count). The van der Waals surface area contributed by atoms with Crippen LogP contribution < -0.4 is 9.47 Å². The summed E-state index contributed by atoms with van der Waals surface area (Å²) < 4.78 is 23.4. The van der Waals surface area contributed by atoms with Gasteiger partial charge in [0.1, 0.15) is 57.9 Å². The molecular formula is C87H64N10O2S2. The molecule has 10 aromatic carbocycles. The number of nitrogens with zero attached hydrogens (tertiary/aromatic N) is 10. The first-order chi connectivity index (χ1) is 49.7. The Balaban J connectivity index is 0.0000000824. The lowest BCUT2D eigenvalue weighted by molar-refractivity contribution is 0.283. The molecule has 101 heavy (non-hydrogen) atoms. The number of aryl methyl sites for hydroxylation is 7. The number of rotatable bonds is 0. The zero-order valence-electron chi connectivity index (χ0n) is 56.3. The highest BCUT2D eigenvalue weighted by Crippen LogP contribution is 2.45. The zero-order chi connectivity index (χ0) is 67.0. The van der Waals surface area contributed by atoms with Crippen LogP contribution in [-0.4, -0.2) is 46.9 Å². The molecule has 0 bridgehead atoms. The van der Waals surface area contributed by atoms with E-state index in [4.69, 9.17) is 34.4 Å². The molecule has 20 aromatic rings. The fraction of sp³-hybridized carbons (Fsp3) is 0.138.